The minimum Gasteiger partial charge on any atom is -0.219 e. The fourth-order valence-electron chi connectivity index (χ4n) is 2.12. The predicted octanol–water partition coefficient (Wildman–Crippen LogP) is 4.65. The molecule has 0 saturated carbocycles. The Labute approximate surface area is 137 Å². The monoisotopic (exact) mass is 327 g/mol. The van der Waals surface area contributed by atoms with Gasteiger partial charge < -0.3 is 0 Å². The fourth-order valence-corrected chi connectivity index (χ4v) is 3.51. The third kappa shape index (κ3) is 3.26. The number of nitrogens with zero attached hydrogens (tertiary/aromatic N) is 3. The van der Waals surface area contributed by atoms with Gasteiger partial charge in [0.25, 0.3) is 0 Å². The molecule has 0 aliphatic rings. The van der Waals surface area contributed by atoms with Crippen molar-refractivity contribution in [3.8, 4) is 0 Å². The van der Waals surface area contributed by atoms with E-state index >= 15 is 0 Å². The predicted molar refractivity (Wildman–Crippen MR) is 95.5 cm³/mol. The van der Waals surface area contributed by atoms with Crippen LogP contribution in [0.3, 0.4) is 0 Å². The minimum atomic E-state index is 0.886. The van der Waals surface area contributed by atoms with Gasteiger partial charge in [0.1, 0.15) is 0 Å². The molecule has 0 aliphatic heterocycles. The van der Waals surface area contributed by atoms with Crippen LogP contribution in [-0.4, -0.2) is 10.9 Å². The maximum absolute atomic E-state index is 4.77. The lowest BCUT2D eigenvalue weighted by Crippen LogP contribution is -2.11. The first kappa shape index (κ1) is 14.9. The van der Waals surface area contributed by atoms with Crippen LogP contribution in [0, 0.1) is 20.8 Å². The van der Waals surface area contributed by atoms with E-state index in [1.165, 1.54) is 11.1 Å². The molecule has 0 saturated heterocycles. The average molecular weight is 327 g/mol. The van der Waals surface area contributed by atoms with E-state index in [9.17, 15) is 0 Å². The number of aryl methyl sites for hydroxylation is 3. The van der Waals surface area contributed by atoms with Gasteiger partial charge in [-0.3, -0.25) is 0 Å². The zero-order chi connectivity index (χ0) is 15.5. The largest absolute Gasteiger partial charge is 0.219 e. The number of aromatic nitrogens is 1. The molecule has 0 spiro atoms. The molecule has 0 radical (unpaired) electrons. The van der Waals surface area contributed by atoms with Gasteiger partial charge in [0, 0.05) is 10.3 Å². The molecule has 3 nitrogen and oxygen atoms in total. The van der Waals surface area contributed by atoms with Crippen LogP contribution in [0.25, 0.3) is 0 Å². The van der Waals surface area contributed by atoms with Crippen molar-refractivity contribution in [2.24, 2.45) is 10.1 Å². The van der Waals surface area contributed by atoms with Crippen LogP contribution in [-0.2, 0) is 0 Å². The quantitative estimate of drug-likeness (QED) is 0.627. The van der Waals surface area contributed by atoms with Crippen molar-refractivity contribution in [2.75, 3.05) is 0 Å². The van der Waals surface area contributed by atoms with Gasteiger partial charge in [-0.25, -0.2) is 9.67 Å². The molecule has 1 aromatic carbocycles. The summed E-state index contributed by atoms with van der Waals surface area (Å²) in [6.07, 6.45) is 1.88. The van der Waals surface area contributed by atoms with E-state index in [2.05, 4.69) is 48.6 Å². The highest BCUT2D eigenvalue weighted by atomic mass is 32.1. The summed E-state index contributed by atoms with van der Waals surface area (Å²) in [5.74, 6) is 0. The molecule has 0 N–H and O–H groups in total. The van der Waals surface area contributed by atoms with E-state index in [0.717, 1.165) is 21.1 Å². The Bertz CT molecular complexity index is 868. The second kappa shape index (κ2) is 6.42. The topological polar surface area (TPSA) is 29.6 Å². The molecule has 0 atom stereocenters. The van der Waals surface area contributed by atoms with Gasteiger partial charge in [-0.1, -0.05) is 23.8 Å². The number of thiazole rings is 1. The van der Waals surface area contributed by atoms with E-state index in [0.29, 0.717) is 0 Å². The molecule has 3 rings (SSSR count). The number of rotatable bonds is 3. The molecule has 3 aromatic rings. The molecule has 0 bridgehead atoms. The van der Waals surface area contributed by atoms with Crippen molar-refractivity contribution in [3.63, 3.8) is 0 Å². The molecule has 0 amide bonds. The first-order valence-corrected chi connectivity index (χ1v) is 8.76. The first-order valence-electron chi connectivity index (χ1n) is 7.00. The summed E-state index contributed by atoms with van der Waals surface area (Å²) in [5.41, 5.74) is 4.51. The second-order valence-corrected chi connectivity index (χ2v) is 6.95. The van der Waals surface area contributed by atoms with E-state index in [-0.39, 0.29) is 0 Å². The molecule has 2 heterocycles. The Morgan fingerprint density at radius 3 is 2.68 bits per heavy atom. The van der Waals surface area contributed by atoms with Crippen molar-refractivity contribution in [3.05, 3.63) is 67.6 Å². The summed E-state index contributed by atoms with van der Waals surface area (Å²) in [7, 11) is 0. The molecular weight excluding hydrogens is 310 g/mol. The summed E-state index contributed by atoms with van der Waals surface area (Å²) >= 11 is 3.28. The van der Waals surface area contributed by atoms with Crippen molar-refractivity contribution in [1.82, 2.24) is 4.68 Å². The lowest BCUT2D eigenvalue weighted by atomic mass is 10.1. The van der Waals surface area contributed by atoms with E-state index in [4.69, 9.17) is 4.99 Å². The Balaban J connectivity index is 2.03. The third-order valence-electron chi connectivity index (χ3n) is 3.26. The van der Waals surface area contributed by atoms with Gasteiger partial charge in [0.05, 0.1) is 17.6 Å². The van der Waals surface area contributed by atoms with Gasteiger partial charge in [-0.05, 0) is 43.8 Å². The van der Waals surface area contributed by atoms with Crippen LogP contribution in [0.4, 0.5) is 5.69 Å². The lowest BCUT2D eigenvalue weighted by molar-refractivity contribution is 0.809. The molecular formula is C17H17N3S2. The van der Waals surface area contributed by atoms with Crippen LogP contribution in [0.15, 0.2) is 51.2 Å². The first-order chi connectivity index (χ1) is 10.6. The molecule has 5 heteroatoms. The fraction of sp³-hybridized carbons (Fsp3) is 0.176. The highest BCUT2D eigenvalue weighted by molar-refractivity contribution is 7.11. The number of hydrogen-bond acceptors (Lipinski definition) is 4. The van der Waals surface area contributed by atoms with Crippen LogP contribution >= 0.6 is 22.7 Å². The molecule has 2 aromatic heterocycles. The lowest BCUT2D eigenvalue weighted by Gasteiger charge is -2.01. The Hall–Kier alpha value is -1.98. The van der Waals surface area contributed by atoms with Gasteiger partial charge in [-0.2, -0.15) is 5.10 Å². The maximum atomic E-state index is 4.77. The van der Waals surface area contributed by atoms with Gasteiger partial charge >= 0.3 is 0 Å². The van der Waals surface area contributed by atoms with Crippen molar-refractivity contribution >= 4 is 34.6 Å². The number of benzene rings is 1. The van der Waals surface area contributed by atoms with Crippen molar-refractivity contribution < 1.29 is 0 Å². The van der Waals surface area contributed by atoms with Gasteiger partial charge in [-0.15, -0.1) is 22.7 Å². The summed E-state index contributed by atoms with van der Waals surface area (Å²) in [6.45, 7) is 6.23. The van der Waals surface area contributed by atoms with Crippen LogP contribution in [0.1, 0.15) is 21.7 Å². The van der Waals surface area contributed by atoms with Gasteiger partial charge in [0.15, 0.2) is 0 Å². The highest BCUT2D eigenvalue weighted by Gasteiger charge is 2.02. The molecule has 22 heavy (non-hydrogen) atoms. The molecule has 0 aliphatic carbocycles. The maximum Gasteiger partial charge on any atom is 0.211 e. The number of hydrogen-bond donors (Lipinski definition) is 0. The summed E-state index contributed by atoms with van der Waals surface area (Å²) in [4.78, 5) is 6.79. The standard InChI is InChI=1S/C17H17N3S2/c1-12-6-7-16(13(2)9-12)19-17-20(14(3)11-22-17)18-10-15-5-4-8-21-15/h4-11H,1-3H3. The van der Waals surface area contributed by atoms with Crippen LogP contribution in [0.5, 0.6) is 0 Å². The Kier molecular flexibility index (Phi) is 4.36. The van der Waals surface area contributed by atoms with E-state index in [1.807, 2.05) is 29.3 Å². The molecule has 112 valence electrons. The Morgan fingerprint density at radius 1 is 1.09 bits per heavy atom. The third-order valence-corrected chi connectivity index (χ3v) is 5.00. The summed E-state index contributed by atoms with van der Waals surface area (Å²) in [6, 6.07) is 10.4. The van der Waals surface area contributed by atoms with Crippen LogP contribution in [0.2, 0.25) is 0 Å². The highest BCUT2D eigenvalue weighted by Crippen LogP contribution is 2.19. The van der Waals surface area contributed by atoms with Crippen LogP contribution < -0.4 is 4.80 Å². The summed E-state index contributed by atoms with van der Waals surface area (Å²) < 4.78 is 1.89. The zero-order valence-corrected chi connectivity index (χ0v) is 14.4. The SMILES string of the molecule is Cc1ccc(N=c2scc(C)n2N=Cc2cccs2)c(C)c1. The van der Waals surface area contributed by atoms with Crippen molar-refractivity contribution in [2.45, 2.75) is 20.8 Å². The normalized spacial score (nSPS) is 12.4. The van der Waals surface area contributed by atoms with Crippen molar-refractivity contribution in [1.29, 1.82) is 0 Å². The molecule has 0 unspecified atom stereocenters. The smallest absolute Gasteiger partial charge is 0.211 e. The molecule has 0 fully saturated rings. The summed E-state index contributed by atoms with van der Waals surface area (Å²) in [5, 5.41) is 8.70. The average Bonchev–Trinajstić information content (AvgIpc) is 3.10. The van der Waals surface area contributed by atoms with E-state index < -0.39 is 0 Å². The number of thiophene rings is 1. The Morgan fingerprint density at radius 2 is 1.95 bits per heavy atom. The second-order valence-electron chi connectivity index (χ2n) is 5.13. The zero-order valence-electron chi connectivity index (χ0n) is 12.8. The minimum absolute atomic E-state index is 0.886. The van der Waals surface area contributed by atoms with E-state index in [1.54, 1.807) is 22.7 Å². The van der Waals surface area contributed by atoms with Gasteiger partial charge in [0.2, 0.25) is 4.80 Å².